The predicted molar refractivity (Wildman–Crippen MR) is 45.5 cm³/mol. The van der Waals surface area contributed by atoms with E-state index in [0.717, 1.165) is 6.42 Å². The largest absolute Gasteiger partial charge is 0.378 e. The molecule has 1 unspecified atom stereocenters. The lowest BCUT2D eigenvalue weighted by atomic mass is 10.1. The molecular weight excluding hydrogens is 143 g/mol. The number of halogens is 1. The number of rotatable bonds is 5. The molecule has 0 aromatic heterocycles. The first-order valence-corrected chi connectivity index (χ1v) is 4.26. The summed E-state index contributed by atoms with van der Waals surface area (Å²) in [6.45, 7) is 7.74. The van der Waals surface area contributed by atoms with Crippen LogP contribution in [0.1, 0.15) is 40.5 Å². The summed E-state index contributed by atoms with van der Waals surface area (Å²) in [7, 11) is 0. The molecule has 0 amide bonds. The smallest absolute Gasteiger partial charge is 0.107 e. The lowest BCUT2D eigenvalue weighted by Gasteiger charge is -2.16. The average Bonchev–Trinajstić information content (AvgIpc) is 1.85. The first-order chi connectivity index (χ1) is 4.95. The zero-order chi connectivity index (χ0) is 8.91. The summed E-state index contributed by atoms with van der Waals surface area (Å²) in [6.07, 6.45) is 1.74. The molecule has 0 saturated heterocycles. The van der Waals surface area contributed by atoms with E-state index in [4.69, 9.17) is 4.74 Å². The van der Waals surface area contributed by atoms with Gasteiger partial charge in [0.05, 0.1) is 6.10 Å². The summed E-state index contributed by atoms with van der Waals surface area (Å²) in [6, 6.07) is 0. The second kappa shape index (κ2) is 4.70. The average molecular weight is 162 g/mol. The van der Waals surface area contributed by atoms with Crippen LogP contribution in [0.25, 0.3) is 0 Å². The van der Waals surface area contributed by atoms with Crippen molar-refractivity contribution in [3.63, 3.8) is 0 Å². The van der Waals surface area contributed by atoms with Crippen LogP contribution in [0.2, 0.25) is 0 Å². The Hall–Kier alpha value is -0.110. The van der Waals surface area contributed by atoms with Gasteiger partial charge in [-0.25, -0.2) is 4.39 Å². The highest BCUT2D eigenvalue weighted by Gasteiger charge is 2.14. The molecule has 0 saturated carbocycles. The molecule has 0 N–H and O–H groups in total. The van der Waals surface area contributed by atoms with Crippen molar-refractivity contribution in [3.8, 4) is 0 Å². The van der Waals surface area contributed by atoms with Gasteiger partial charge < -0.3 is 4.74 Å². The summed E-state index contributed by atoms with van der Waals surface area (Å²) in [5, 5.41) is 0. The zero-order valence-corrected chi connectivity index (χ0v) is 7.98. The minimum Gasteiger partial charge on any atom is -0.378 e. The van der Waals surface area contributed by atoms with E-state index in [0.29, 0.717) is 13.0 Å². The van der Waals surface area contributed by atoms with Gasteiger partial charge in [0, 0.05) is 13.0 Å². The molecule has 0 bridgehead atoms. The standard InChI is InChI=1S/C9H19FO/c1-5-8(2)11-7-6-9(3,4)10/h8H,5-7H2,1-4H3. The molecule has 0 aliphatic rings. The van der Waals surface area contributed by atoms with E-state index in [2.05, 4.69) is 6.92 Å². The molecule has 0 rings (SSSR count). The topological polar surface area (TPSA) is 9.23 Å². The molecule has 0 aromatic carbocycles. The first-order valence-electron chi connectivity index (χ1n) is 4.26. The normalized spacial score (nSPS) is 15.0. The van der Waals surface area contributed by atoms with Gasteiger partial charge in [0.15, 0.2) is 0 Å². The van der Waals surface area contributed by atoms with Crippen LogP contribution in [0, 0.1) is 0 Å². The number of ether oxygens (including phenoxy) is 1. The molecule has 0 aliphatic heterocycles. The maximum Gasteiger partial charge on any atom is 0.107 e. The minimum absolute atomic E-state index is 0.261. The molecule has 0 fully saturated rings. The third-order valence-corrected chi connectivity index (χ3v) is 1.67. The number of hydrogen-bond donors (Lipinski definition) is 0. The fraction of sp³-hybridized carbons (Fsp3) is 1.00. The van der Waals surface area contributed by atoms with Crippen molar-refractivity contribution in [3.05, 3.63) is 0 Å². The fourth-order valence-corrected chi connectivity index (χ4v) is 0.621. The van der Waals surface area contributed by atoms with Gasteiger partial charge in [0.2, 0.25) is 0 Å². The number of alkyl halides is 1. The van der Waals surface area contributed by atoms with Crippen LogP contribution in [-0.4, -0.2) is 18.4 Å². The van der Waals surface area contributed by atoms with Crippen LogP contribution in [0.3, 0.4) is 0 Å². The summed E-state index contributed by atoms with van der Waals surface area (Å²) < 4.78 is 18.2. The van der Waals surface area contributed by atoms with E-state index in [1.807, 2.05) is 6.92 Å². The zero-order valence-electron chi connectivity index (χ0n) is 7.98. The van der Waals surface area contributed by atoms with Crippen molar-refractivity contribution in [2.45, 2.75) is 52.3 Å². The van der Waals surface area contributed by atoms with Crippen molar-refractivity contribution in [1.82, 2.24) is 0 Å². The summed E-state index contributed by atoms with van der Waals surface area (Å²) >= 11 is 0. The van der Waals surface area contributed by atoms with Crippen LogP contribution >= 0.6 is 0 Å². The molecule has 0 spiro atoms. The van der Waals surface area contributed by atoms with Crippen molar-refractivity contribution in [2.75, 3.05) is 6.61 Å². The monoisotopic (exact) mass is 162 g/mol. The van der Waals surface area contributed by atoms with Crippen LogP contribution in [0.5, 0.6) is 0 Å². The maximum atomic E-state index is 12.9. The minimum atomic E-state index is -1.09. The van der Waals surface area contributed by atoms with E-state index in [1.54, 1.807) is 13.8 Å². The van der Waals surface area contributed by atoms with Crippen LogP contribution < -0.4 is 0 Å². The van der Waals surface area contributed by atoms with Gasteiger partial charge in [-0.05, 0) is 27.2 Å². The molecule has 0 aliphatic carbocycles. The van der Waals surface area contributed by atoms with E-state index < -0.39 is 5.67 Å². The van der Waals surface area contributed by atoms with Crippen molar-refractivity contribution < 1.29 is 9.13 Å². The van der Waals surface area contributed by atoms with Gasteiger partial charge in [-0.15, -0.1) is 0 Å². The van der Waals surface area contributed by atoms with E-state index in [1.165, 1.54) is 0 Å². The fourth-order valence-electron chi connectivity index (χ4n) is 0.621. The molecule has 1 atom stereocenters. The Morgan fingerprint density at radius 3 is 2.36 bits per heavy atom. The third kappa shape index (κ3) is 7.79. The highest BCUT2D eigenvalue weighted by Crippen LogP contribution is 2.13. The van der Waals surface area contributed by atoms with Crippen LogP contribution in [-0.2, 0) is 4.74 Å². The summed E-state index contributed by atoms with van der Waals surface area (Å²) in [5.74, 6) is 0. The van der Waals surface area contributed by atoms with Gasteiger partial charge in [-0.1, -0.05) is 6.92 Å². The van der Waals surface area contributed by atoms with E-state index in [-0.39, 0.29) is 6.10 Å². The molecule has 0 heterocycles. The predicted octanol–water partition coefficient (Wildman–Crippen LogP) is 2.94. The SMILES string of the molecule is CCC(C)OCCC(C)(C)F. The molecule has 11 heavy (non-hydrogen) atoms. The lowest BCUT2D eigenvalue weighted by molar-refractivity contribution is 0.0361. The Morgan fingerprint density at radius 2 is 2.00 bits per heavy atom. The van der Waals surface area contributed by atoms with E-state index >= 15 is 0 Å². The molecule has 0 radical (unpaired) electrons. The molecular formula is C9H19FO. The van der Waals surface area contributed by atoms with Crippen molar-refractivity contribution in [2.24, 2.45) is 0 Å². The highest BCUT2D eigenvalue weighted by molar-refractivity contribution is 4.64. The van der Waals surface area contributed by atoms with E-state index in [9.17, 15) is 4.39 Å². The second-order valence-corrected chi connectivity index (χ2v) is 3.56. The quantitative estimate of drug-likeness (QED) is 0.604. The van der Waals surface area contributed by atoms with Crippen LogP contribution in [0.15, 0.2) is 0 Å². The van der Waals surface area contributed by atoms with Gasteiger partial charge >= 0.3 is 0 Å². The van der Waals surface area contributed by atoms with Crippen molar-refractivity contribution in [1.29, 1.82) is 0 Å². The molecule has 1 nitrogen and oxygen atoms in total. The first kappa shape index (κ1) is 10.9. The van der Waals surface area contributed by atoms with Crippen molar-refractivity contribution >= 4 is 0 Å². The molecule has 2 heteroatoms. The van der Waals surface area contributed by atoms with Gasteiger partial charge in [-0.2, -0.15) is 0 Å². The molecule has 68 valence electrons. The Bertz CT molecular complexity index is 96.2. The number of hydrogen-bond acceptors (Lipinski definition) is 1. The Kier molecular flexibility index (Phi) is 4.66. The lowest BCUT2D eigenvalue weighted by Crippen LogP contribution is -2.17. The Balaban J connectivity index is 3.28. The maximum absolute atomic E-state index is 12.9. The van der Waals surface area contributed by atoms with Gasteiger partial charge in [0.25, 0.3) is 0 Å². The molecule has 0 aromatic rings. The second-order valence-electron chi connectivity index (χ2n) is 3.56. The third-order valence-electron chi connectivity index (χ3n) is 1.67. The summed E-state index contributed by atoms with van der Waals surface area (Å²) in [4.78, 5) is 0. The Morgan fingerprint density at radius 1 is 1.45 bits per heavy atom. The van der Waals surface area contributed by atoms with Gasteiger partial charge in [0.1, 0.15) is 5.67 Å². The van der Waals surface area contributed by atoms with Gasteiger partial charge in [-0.3, -0.25) is 0 Å². The highest BCUT2D eigenvalue weighted by atomic mass is 19.1. The Labute approximate surface area is 68.9 Å². The summed E-state index contributed by atoms with van der Waals surface area (Å²) in [5.41, 5.74) is -1.09. The van der Waals surface area contributed by atoms with Crippen LogP contribution in [0.4, 0.5) is 4.39 Å².